The van der Waals surface area contributed by atoms with E-state index in [0.29, 0.717) is 6.42 Å². The Kier molecular flexibility index (Phi) is 3.43. The summed E-state index contributed by atoms with van der Waals surface area (Å²) in [5, 5.41) is 4.28. The van der Waals surface area contributed by atoms with Crippen LogP contribution in [0.25, 0.3) is 5.52 Å². The number of aryl methyl sites for hydroxylation is 1. The zero-order valence-corrected chi connectivity index (χ0v) is 11.4. The Morgan fingerprint density at radius 2 is 2.15 bits per heavy atom. The third kappa shape index (κ3) is 2.40. The monoisotopic (exact) mass is 267 g/mol. The molecule has 5 heteroatoms. The fourth-order valence-corrected chi connectivity index (χ4v) is 2.26. The molecule has 1 unspecified atom stereocenters. The Morgan fingerprint density at radius 1 is 1.25 bits per heavy atom. The summed E-state index contributed by atoms with van der Waals surface area (Å²) in [5.74, 6) is 0. The minimum absolute atomic E-state index is 0.128. The van der Waals surface area contributed by atoms with Crippen LogP contribution in [0.3, 0.4) is 0 Å². The summed E-state index contributed by atoms with van der Waals surface area (Å²) >= 11 is 0. The molecule has 0 fully saturated rings. The standard InChI is InChI=1S/C15H17N5/c1-2-11-3-4-12(18-8-11)7-14(16)13-9-19-20-6-5-17-10-15(13)20/h3-6,8-10,14H,2,7,16H2,1H3. The van der Waals surface area contributed by atoms with E-state index in [9.17, 15) is 0 Å². The van der Waals surface area contributed by atoms with Crippen LogP contribution in [0.15, 0.2) is 43.1 Å². The lowest BCUT2D eigenvalue weighted by Gasteiger charge is -2.10. The lowest BCUT2D eigenvalue weighted by Crippen LogP contribution is -2.14. The average Bonchev–Trinajstić information content (AvgIpc) is 2.92. The first-order valence-corrected chi connectivity index (χ1v) is 6.74. The predicted molar refractivity (Wildman–Crippen MR) is 77.2 cm³/mol. The van der Waals surface area contributed by atoms with E-state index in [1.807, 2.05) is 24.7 Å². The van der Waals surface area contributed by atoms with Crippen LogP contribution in [0.5, 0.6) is 0 Å². The van der Waals surface area contributed by atoms with Gasteiger partial charge in [-0.25, -0.2) is 4.52 Å². The summed E-state index contributed by atoms with van der Waals surface area (Å²) in [5.41, 5.74) is 10.5. The highest BCUT2D eigenvalue weighted by atomic mass is 15.2. The smallest absolute Gasteiger partial charge is 0.0892 e. The minimum atomic E-state index is -0.128. The third-order valence-electron chi connectivity index (χ3n) is 3.48. The van der Waals surface area contributed by atoms with Crippen LogP contribution in [0, 0.1) is 0 Å². The molecule has 0 aromatic carbocycles. The molecule has 3 aromatic heterocycles. The van der Waals surface area contributed by atoms with Gasteiger partial charge in [-0.05, 0) is 18.1 Å². The van der Waals surface area contributed by atoms with Gasteiger partial charge in [0.05, 0.1) is 17.9 Å². The quantitative estimate of drug-likeness (QED) is 0.784. The molecule has 0 saturated heterocycles. The zero-order chi connectivity index (χ0) is 13.9. The van der Waals surface area contributed by atoms with Crippen molar-refractivity contribution < 1.29 is 0 Å². The molecule has 20 heavy (non-hydrogen) atoms. The van der Waals surface area contributed by atoms with Gasteiger partial charge < -0.3 is 5.73 Å². The second kappa shape index (κ2) is 5.38. The van der Waals surface area contributed by atoms with E-state index in [4.69, 9.17) is 5.73 Å². The van der Waals surface area contributed by atoms with Crippen LogP contribution in [-0.4, -0.2) is 19.6 Å². The number of fused-ring (bicyclic) bond motifs is 1. The highest BCUT2D eigenvalue weighted by molar-refractivity contribution is 5.53. The molecule has 3 aromatic rings. The first-order valence-electron chi connectivity index (χ1n) is 6.74. The van der Waals surface area contributed by atoms with Crippen LogP contribution in [0.2, 0.25) is 0 Å². The molecule has 0 spiro atoms. The van der Waals surface area contributed by atoms with Gasteiger partial charge in [0.2, 0.25) is 0 Å². The summed E-state index contributed by atoms with van der Waals surface area (Å²) in [6.45, 7) is 2.12. The first-order chi connectivity index (χ1) is 9.78. The van der Waals surface area contributed by atoms with E-state index < -0.39 is 0 Å². The third-order valence-corrected chi connectivity index (χ3v) is 3.48. The number of hydrogen-bond donors (Lipinski definition) is 1. The SMILES string of the molecule is CCc1ccc(CC(N)c2cnn3ccncc23)nc1. The number of hydrogen-bond acceptors (Lipinski definition) is 4. The van der Waals surface area contributed by atoms with Crippen molar-refractivity contribution in [1.29, 1.82) is 0 Å². The van der Waals surface area contributed by atoms with E-state index in [1.54, 1.807) is 16.9 Å². The molecule has 0 aliphatic heterocycles. The van der Waals surface area contributed by atoms with Crippen LogP contribution >= 0.6 is 0 Å². The van der Waals surface area contributed by atoms with Crippen LogP contribution in [0.1, 0.15) is 29.8 Å². The predicted octanol–water partition coefficient (Wildman–Crippen LogP) is 1.93. The molecule has 3 heterocycles. The Labute approximate surface area is 117 Å². The topological polar surface area (TPSA) is 69.1 Å². The van der Waals surface area contributed by atoms with Gasteiger partial charge in [0.25, 0.3) is 0 Å². The van der Waals surface area contributed by atoms with Crippen molar-refractivity contribution in [2.24, 2.45) is 5.73 Å². The normalized spacial score (nSPS) is 12.7. The van der Waals surface area contributed by atoms with Gasteiger partial charge in [0, 0.05) is 42.3 Å². The zero-order valence-electron chi connectivity index (χ0n) is 11.4. The maximum Gasteiger partial charge on any atom is 0.0892 e. The number of pyridine rings is 1. The van der Waals surface area contributed by atoms with Crippen molar-refractivity contribution in [2.45, 2.75) is 25.8 Å². The van der Waals surface area contributed by atoms with Crippen molar-refractivity contribution in [3.05, 3.63) is 59.9 Å². The van der Waals surface area contributed by atoms with Gasteiger partial charge in [-0.1, -0.05) is 13.0 Å². The van der Waals surface area contributed by atoms with Gasteiger partial charge in [0.15, 0.2) is 0 Å². The fourth-order valence-electron chi connectivity index (χ4n) is 2.26. The molecular weight excluding hydrogens is 250 g/mol. The Bertz CT molecular complexity index is 702. The van der Waals surface area contributed by atoms with E-state index in [2.05, 4.69) is 28.1 Å². The highest BCUT2D eigenvalue weighted by Crippen LogP contribution is 2.19. The summed E-state index contributed by atoms with van der Waals surface area (Å²) < 4.78 is 1.79. The largest absolute Gasteiger partial charge is 0.324 e. The van der Waals surface area contributed by atoms with Crippen molar-refractivity contribution in [3.8, 4) is 0 Å². The molecule has 2 N–H and O–H groups in total. The number of aromatic nitrogens is 4. The molecule has 0 aliphatic rings. The Morgan fingerprint density at radius 3 is 2.90 bits per heavy atom. The van der Waals surface area contributed by atoms with Gasteiger partial charge in [-0.3, -0.25) is 9.97 Å². The summed E-state index contributed by atoms with van der Waals surface area (Å²) in [6, 6.07) is 4.02. The van der Waals surface area contributed by atoms with Crippen LogP contribution in [-0.2, 0) is 12.8 Å². The van der Waals surface area contributed by atoms with Crippen LogP contribution in [0.4, 0.5) is 0 Å². The van der Waals surface area contributed by atoms with Crippen molar-refractivity contribution in [2.75, 3.05) is 0 Å². The number of nitrogens with zero attached hydrogens (tertiary/aromatic N) is 4. The van der Waals surface area contributed by atoms with Crippen molar-refractivity contribution in [1.82, 2.24) is 19.6 Å². The Balaban J connectivity index is 1.83. The van der Waals surface area contributed by atoms with Gasteiger partial charge in [-0.2, -0.15) is 5.10 Å². The van der Waals surface area contributed by atoms with Gasteiger partial charge in [0.1, 0.15) is 0 Å². The maximum absolute atomic E-state index is 6.29. The molecular formula is C15H17N5. The summed E-state index contributed by atoms with van der Waals surface area (Å²) in [4.78, 5) is 8.58. The fraction of sp³-hybridized carbons (Fsp3) is 0.267. The maximum atomic E-state index is 6.29. The molecule has 0 saturated carbocycles. The van der Waals surface area contributed by atoms with E-state index >= 15 is 0 Å². The first kappa shape index (κ1) is 12.7. The van der Waals surface area contributed by atoms with Crippen LogP contribution < -0.4 is 5.73 Å². The van der Waals surface area contributed by atoms with E-state index in [0.717, 1.165) is 23.2 Å². The second-order valence-corrected chi connectivity index (χ2v) is 4.83. The van der Waals surface area contributed by atoms with Crippen molar-refractivity contribution in [3.63, 3.8) is 0 Å². The van der Waals surface area contributed by atoms with Crippen molar-refractivity contribution >= 4 is 5.52 Å². The summed E-state index contributed by atoms with van der Waals surface area (Å²) in [7, 11) is 0. The molecule has 0 amide bonds. The summed E-state index contributed by atoms with van der Waals surface area (Å²) in [6.07, 6.45) is 10.7. The molecule has 0 aliphatic carbocycles. The number of rotatable bonds is 4. The average molecular weight is 267 g/mol. The highest BCUT2D eigenvalue weighted by Gasteiger charge is 2.13. The lowest BCUT2D eigenvalue weighted by molar-refractivity contribution is 0.711. The molecule has 0 radical (unpaired) electrons. The van der Waals surface area contributed by atoms with Gasteiger partial charge >= 0.3 is 0 Å². The molecule has 3 rings (SSSR count). The molecule has 102 valence electrons. The van der Waals surface area contributed by atoms with Gasteiger partial charge in [-0.15, -0.1) is 0 Å². The second-order valence-electron chi connectivity index (χ2n) is 4.83. The van der Waals surface area contributed by atoms with E-state index in [1.165, 1.54) is 5.56 Å². The lowest BCUT2D eigenvalue weighted by atomic mass is 10.0. The molecule has 0 bridgehead atoms. The molecule has 1 atom stereocenters. The molecule has 5 nitrogen and oxygen atoms in total. The van der Waals surface area contributed by atoms with E-state index in [-0.39, 0.29) is 6.04 Å². The number of nitrogens with two attached hydrogens (primary N) is 1. The minimum Gasteiger partial charge on any atom is -0.324 e. The Hall–Kier alpha value is -2.27.